The fourth-order valence-electron chi connectivity index (χ4n) is 3.80. The van der Waals surface area contributed by atoms with Crippen molar-refractivity contribution in [3.63, 3.8) is 0 Å². The number of fused-ring (bicyclic) bond motifs is 1. The summed E-state index contributed by atoms with van der Waals surface area (Å²) in [7, 11) is 0. The van der Waals surface area contributed by atoms with Gasteiger partial charge in [-0.1, -0.05) is 5.16 Å². The average Bonchev–Trinajstić information content (AvgIpc) is 3.01. The summed E-state index contributed by atoms with van der Waals surface area (Å²) in [5, 5.41) is 14.7. The Morgan fingerprint density at radius 1 is 1.22 bits per heavy atom. The van der Waals surface area contributed by atoms with Gasteiger partial charge >= 0.3 is 0 Å². The molecule has 1 aromatic rings. The minimum Gasteiger partial charge on any atom is -0.389 e. The first-order chi connectivity index (χ1) is 13.0. The molecule has 2 fully saturated rings. The SMILES string of the molecule is CC(=O)C1=NOC2COC3(CCN(c4ccc([N+](=O)[O-])cc4)CC3)OCC12. The molecule has 4 rings (SSSR count). The van der Waals surface area contributed by atoms with Crippen LogP contribution in [0.25, 0.3) is 0 Å². The van der Waals surface area contributed by atoms with E-state index in [1.54, 1.807) is 12.1 Å². The van der Waals surface area contributed by atoms with E-state index in [9.17, 15) is 14.9 Å². The van der Waals surface area contributed by atoms with E-state index >= 15 is 0 Å². The van der Waals surface area contributed by atoms with Crippen molar-refractivity contribution in [1.82, 2.24) is 0 Å². The molecule has 0 saturated carbocycles. The second kappa shape index (κ2) is 6.90. The molecule has 144 valence electrons. The summed E-state index contributed by atoms with van der Waals surface area (Å²) >= 11 is 0. The number of nitro groups is 1. The van der Waals surface area contributed by atoms with Crippen LogP contribution in [0.4, 0.5) is 11.4 Å². The molecule has 9 nitrogen and oxygen atoms in total. The number of hydrogen-bond acceptors (Lipinski definition) is 8. The van der Waals surface area contributed by atoms with Crippen LogP contribution in [0.1, 0.15) is 19.8 Å². The summed E-state index contributed by atoms with van der Waals surface area (Å²) in [6.45, 7) is 3.58. The van der Waals surface area contributed by atoms with Crippen molar-refractivity contribution in [3.05, 3.63) is 34.4 Å². The van der Waals surface area contributed by atoms with Crippen molar-refractivity contribution >= 4 is 22.9 Å². The van der Waals surface area contributed by atoms with Crippen LogP contribution in [-0.2, 0) is 19.1 Å². The minimum absolute atomic E-state index is 0.0807. The standard InChI is InChI=1S/C18H21N3O6/c1-12(22)17-15-10-25-18(26-11-16(15)27-19-17)6-8-20(9-7-18)13-2-4-14(5-3-13)21(23)24/h2-5,15-16H,6-11H2,1H3. The lowest BCUT2D eigenvalue weighted by Gasteiger charge is -2.41. The molecule has 9 heteroatoms. The number of ketones is 1. The Morgan fingerprint density at radius 3 is 2.52 bits per heavy atom. The van der Waals surface area contributed by atoms with Gasteiger partial charge in [0.15, 0.2) is 17.7 Å². The lowest BCUT2D eigenvalue weighted by atomic mass is 9.96. The van der Waals surface area contributed by atoms with E-state index in [1.165, 1.54) is 19.1 Å². The van der Waals surface area contributed by atoms with Gasteiger partial charge in [0.05, 0.1) is 24.1 Å². The third-order valence-corrected chi connectivity index (χ3v) is 5.43. The largest absolute Gasteiger partial charge is 0.389 e. The van der Waals surface area contributed by atoms with E-state index in [1.807, 2.05) is 0 Å². The Balaban J connectivity index is 1.39. The van der Waals surface area contributed by atoms with Crippen LogP contribution in [0.15, 0.2) is 29.4 Å². The first-order valence-electron chi connectivity index (χ1n) is 8.99. The Bertz CT molecular complexity index is 770. The fourth-order valence-corrected chi connectivity index (χ4v) is 3.80. The number of oxime groups is 1. The first-order valence-corrected chi connectivity index (χ1v) is 8.99. The maximum absolute atomic E-state index is 11.7. The lowest BCUT2D eigenvalue weighted by molar-refractivity contribution is -0.384. The lowest BCUT2D eigenvalue weighted by Crippen LogP contribution is -2.48. The van der Waals surface area contributed by atoms with Gasteiger partial charge in [-0.15, -0.1) is 0 Å². The number of piperidine rings is 1. The van der Waals surface area contributed by atoms with Gasteiger partial charge in [-0.2, -0.15) is 0 Å². The second-order valence-corrected chi connectivity index (χ2v) is 7.08. The van der Waals surface area contributed by atoms with Crippen molar-refractivity contribution in [1.29, 1.82) is 0 Å². The van der Waals surface area contributed by atoms with Crippen molar-refractivity contribution in [3.8, 4) is 0 Å². The molecule has 0 aromatic heterocycles. The molecular weight excluding hydrogens is 354 g/mol. The van der Waals surface area contributed by atoms with Gasteiger partial charge < -0.3 is 19.2 Å². The van der Waals surface area contributed by atoms with Crippen molar-refractivity contribution in [2.45, 2.75) is 31.7 Å². The predicted molar refractivity (Wildman–Crippen MR) is 95.7 cm³/mol. The Morgan fingerprint density at radius 2 is 1.89 bits per heavy atom. The highest BCUT2D eigenvalue weighted by atomic mass is 16.7. The Labute approximate surface area is 156 Å². The smallest absolute Gasteiger partial charge is 0.269 e. The van der Waals surface area contributed by atoms with Crippen LogP contribution >= 0.6 is 0 Å². The average molecular weight is 375 g/mol. The number of hydrogen-bond donors (Lipinski definition) is 0. The molecule has 0 amide bonds. The van der Waals surface area contributed by atoms with Crippen LogP contribution in [0, 0.1) is 16.0 Å². The topological polar surface area (TPSA) is 104 Å². The number of benzene rings is 1. The molecule has 3 heterocycles. The Hall–Kier alpha value is -2.52. The molecule has 0 radical (unpaired) electrons. The predicted octanol–water partition coefficient (Wildman–Crippen LogP) is 1.90. The molecule has 2 atom stereocenters. The molecule has 3 aliphatic heterocycles. The van der Waals surface area contributed by atoms with E-state index in [0.29, 0.717) is 44.9 Å². The highest BCUT2D eigenvalue weighted by Crippen LogP contribution is 2.36. The Kier molecular flexibility index (Phi) is 4.56. The van der Waals surface area contributed by atoms with E-state index in [2.05, 4.69) is 10.1 Å². The highest BCUT2D eigenvalue weighted by Gasteiger charge is 2.46. The molecule has 1 aromatic carbocycles. The summed E-state index contributed by atoms with van der Waals surface area (Å²) in [4.78, 5) is 29.6. The highest BCUT2D eigenvalue weighted by molar-refractivity contribution is 6.40. The number of anilines is 1. The molecular formula is C18H21N3O6. The van der Waals surface area contributed by atoms with E-state index in [0.717, 1.165) is 5.69 Å². The quantitative estimate of drug-likeness (QED) is 0.587. The number of nitrogens with zero attached hydrogens (tertiary/aromatic N) is 3. The molecule has 3 aliphatic rings. The number of ether oxygens (including phenoxy) is 2. The van der Waals surface area contributed by atoms with Crippen LogP contribution in [0.5, 0.6) is 0 Å². The summed E-state index contributed by atoms with van der Waals surface area (Å²) in [5.41, 5.74) is 1.44. The number of carbonyl (C=O) groups is 1. The van der Waals surface area contributed by atoms with Gasteiger partial charge in [0, 0.05) is 50.7 Å². The molecule has 0 N–H and O–H groups in total. The van der Waals surface area contributed by atoms with E-state index in [4.69, 9.17) is 14.3 Å². The van der Waals surface area contributed by atoms with Gasteiger partial charge in [0.25, 0.3) is 5.69 Å². The molecule has 0 aliphatic carbocycles. The zero-order chi connectivity index (χ0) is 19.0. The number of nitro benzene ring substituents is 1. The minimum atomic E-state index is -0.688. The zero-order valence-corrected chi connectivity index (χ0v) is 15.0. The van der Waals surface area contributed by atoms with Gasteiger partial charge in [-0.05, 0) is 12.1 Å². The number of non-ortho nitro benzene ring substituents is 1. The zero-order valence-electron chi connectivity index (χ0n) is 15.0. The maximum Gasteiger partial charge on any atom is 0.269 e. The number of rotatable bonds is 3. The monoisotopic (exact) mass is 375 g/mol. The third kappa shape index (κ3) is 3.40. The van der Waals surface area contributed by atoms with Crippen LogP contribution in [-0.4, -0.2) is 54.6 Å². The van der Waals surface area contributed by atoms with Crippen molar-refractivity contribution < 1.29 is 24.0 Å². The van der Waals surface area contributed by atoms with Crippen LogP contribution in [0.3, 0.4) is 0 Å². The van der Waals surface area contributed by atoms with E-state index < -0.39 is 10.7 Å². The number of Topliss-reactive ketones (excluding diaryl/α,β-unsaturated/α-hetero) is 1. The molecule has 2 saturated heterocycles. The number of carbonyl (C=O) groups excluding carboxylic acids is 1. The normalized spacial score (nSPS) is 26.7. The van der Waals surface area contributed by atoms with Crippen molar-refractivity contribution in [2.24, 2.45) is 11.1 Å². The van der Waals surface area contributed by atoms with Crippen molar-refractivity contribution in [2.75, 3.05) is 31.2 Å². The first kappa shape index (κ1) is 17.9. The van der Waals surface area contributed by atoms with Gasteiger partial charge in [-0.3, -0.25) is 14.9 Å². The molecule has 2 unspecified atom stereocenters. The second-order valence-electron chi connectivity index (χ2n) is 7.08. The summed E-state index contributed by atoms with van der Waals surface area (Å²) < 4.78 is 12.2. The fraction of sp³-hybridized carbons (Fsp3) is 0.556. The molecule has 0 bridgehead atoms. The van der Waals surface area contributed by atoms with Gasteiger partial charge in [0.2, 0.25) is 0 Å². The maximum atomic E-state index is 11.7. The summed E-state index contributed by atoms with van der Waals surface area (Å²) in [6.07, 6.45) is 1.04. The summed E-state index contributed by atoms with van der Waals surface area (Å²) in [6, 6.07) is 6.55. The van der Waals surface area contributed by atoms with Crippen LogP contribution in [0.2, 0.25) is 0 Å². The molecule has 27 heavy (non-hydrogen) atoms. The molecule has 1 spiro atoms. The van der Waals surface area contributed by atoms with Crippen LogP contribution < -0.4 is 4.90 Å². The van der Waals surface area contributed by atoms with Gasteiger partial charge in [0.1, 0.15) is 5.71 Å². The summed E-state index contributed by atoms with van der Waals surface area (Å²) in [5.74, 6) is -0.975. The third-order valence-electron chi connectivity index (χ3n) is 5.43. The van der Waals surface area contributed by atoms with E-state index in [-0.39, 0.29) is 23.5 Å². The van der Waals surface area contributed by atoms with Gasteiger partial charge in [-0.25, -0.2) is 0 Å².